The Morgan fingerprint density at radius 3 is 2.74 bits per heavy atom. The molecule has 23 heavy (non-hydrogen) atoms. The van der Waals surface area contributed by atoms with Crippen LogP contribution in [-0.4, -0.2) is 41.5 Å². The van der Waals surface area contributed by atoms with Crippen LogP contribution in [0.25, 0.3) is 0 Å². The Balaban J connectivity index is 1.69. The van der Waals surface area contributed by atoms with Crippen molar-refractivity contribution in [3.05, 3.63) is 29.8 Å². The number of piperidine rings is 1. The minimum absolute atomic E-state index is 0.0874. The smallest absolute Gasteiger partial charge is 0.405 e. The fourth-order valence-electron chi connectivity index (χ4n) is 3.21. The third kappa shape index (κ3) is 3.77. The van der Waals surface area contributed by atoms with E-state index < -0.39 is 12.5 Å². The highest BCUT2D eigenvalue weighted by atomic mass is 19.4. The lowest BCUT2D eigenvalue weighted by Gasteiger charge is -2.30. The van der Waals surface area contributed by atoms with E-state index in [0.717, 1.165) is 6.42 Å². The summed E-state index contributed by atoms with van der Waals surface area (Å²) < 4.78 is 41.5. The van der Waals surface area contributed by atoms with Crippen LogP contribution in [0.15, 0.2) is 24.3 Å². The third-order valence-corrected chi connectivity index (χ3v) is 4.36. The van der Waals surface area contributed by atoms with Crippen LogP contribution in [0.5, 0.6) is 5.75 Å². The molecule has 3 atom stereocenters. The highest BCUT2D eigenvalue weighted by Crippen LogP contribution is 2.51. The quantitative estimate of drug-likeness (QED) is 0.927. The number of benzene rings is 1. The van der Waals surface area contributed by atoms with Crippen molar-refractivity contribution in [2.45, 2.75) is 37.6 Å². The van der Waals surface area contributed by atoms with Gasteiger partial charge >= 0.3 is 6.36 Å². The molecule has 2 fully saturated rings. The summed E-state index contributed by atoms with van der Waals surface area (Å²) in [5.41, 5.74) is 0.417. The molecule has 0 radical (unpaired) electrons. The molecule has 0 aromatic heterocycles. The molecule has 1 aliphatic heterocycles. The summed E-state index contributed by atoms with van der Waals surface area (Å²) in [5, 5.41) is 9.65. The molecule has 0 unspecified atom stereocenters. The lowest BCUT2D eigenvalue weighted by Crippen LogP contribution is -2.43. The molecule has 1 aromatic carbocycles. The molecule has 1 saturated heterocycles. The van der Waals surface area contributed by atoms with Crippen LogP contribution in [0.4, 0.5) is 13.2 Å². The second-order valence-electron chi connectivity index (χ2n) is 6.11. The molecule has 1 aliphatic carbocycles. The van der Waals surface area contributed by atoms with Crippen molar-refractivity contribution >= 4 is 5.91 Å². The van der Waals surface area contributed by atoms with E-state index in [1.807, 2.05) is 0 Å². The van der Waals surface area contributed by atoms with Gasteiger partial charge in [-0.1, -0.05) is 18.2 Å². The molecule has 7 heteroatoms. The number of hydrogen-bond donors (Lipinski definition) is 1. The zero-order valence-corrected chi connectivity index (χ0v) is 12.4. The van der Waals surface area contributed by atoms with Gasteiger partial charge in [-0.3, -0.25) is 4.79 Å². The average molecular weight is 329 g/mol. The van der Waals surface area contributed by atoms with Gasteiger partial charge in [0.1, 0.15) is 5.75 Å². The standard InChI is InChI=1S/C16H18F3NO3/c17-16(18,19)23-14-6-2-1-5-11(14)12-8-13(12)15(22)20-7-3-4-10(21)9-20/h1-2,5-6,10,12-13,21H,3-4,7-9H2/t10-,12+,13+/m0/s1. The molecule has 1 N–H and O–H groups in total. The summed E-state index contributed by atoms with van der Waals surface area (Å²) in [4.78, 5) is 14.1. The van der Waals surface area contributed by atoms with Crippen LogP contribution < -0.4 is 4.74 Å². The minimum Gasteiger partial charge on any atom is -0.405 e. The summed E-state index contributed by atoms with van der Waals surface area (Å²) in [6.07, 6.45) is -3.31. The van der Waals surface area contributed by atoms with E-state index in [0.29, 0.717) is 31.5 Å². The monoisotopic (exact) mass is 329 g/mol. The van der Waals surface area contributed by atoms with E-state index in [2.05, 4.69) is 4.74 Å². The Labute approximate surface area is 131 Å². The van der Waals surface area contributed by atoms with E-state index in [9.17, 15) is 23.1 Å². The number of aliphatic hydroxyl groups excluding tert-OH is 1. The minimum atomic E-state index is -4.75. The molecular formula is C16H18F3NO3. The molecule has 1 aromatic rings. The number of alkyl halides is 3. The number of aliphatic hydroxyl groups is 1. The SMILES string of the molecule is O=C([C@@H]1C[C@@H]1c1ccccc1OC(F)(F)F)N1CCC[C@H](O)C1. The molecule has 1 saturated carbocycles. The molecule has 3 rings (SSSR count). The number of hydrogen-bond acceptors (Lipinski definition) is 3. The van der Waals surface area contributed by atoms with Crippen molar-refractivity contribution in [3.63, 3.8) is 0 Å². The van der Waals surface area contributed by atoms with Crippen LogP contribution >= 0.6 is 0 Å². The Kier molecular flexibility index (Phi) is 4.23. The van der Waals surface area contributed by atoms with Crippen molar-refractivity contribution in [3.8, 4) is 5.75 Å². The number of halogens is 3. The zero-order chi connectivity index (χ0) is 16.6. The largest absolute Gasteiger partial charge is 0.573 e. The van der Waals surface area contributed by atoms with Gasteiger partial charge < -0.3 is 14.7 Å². The number of para-hydroxylation sites is 1. The molecule has 1 heterocycles. The number of amides is 1. The molecule has 126 valence electrons. The summed E-state index contributed by atoms with van der Waals surface area (Å²) in [6.45, 7) is 0.905. The second kappa shape index (κ2) is 6.03. The molecule has 4 nitrogen and oxygen atoms in total. The third-order valence-electron chi connectivity index (χ3n) is 4.36. The van der Waals surface area contributed by atoms with Crippen molar-refractivity contribution in [2.75, 3.05) is 13.1 Å². The predicted molar refractivity (Wildman–Crippen MR) is 75.8 cm³/mol. The summed E-state index contributed by atoms with van der Waals surface area (Å²) in [7, 11) is 0. The molecule has 1 amide bonds. The van der Waals surface area contributed by atoms with Gasteiger partial charge in [0.05, 0.1) is 6.10 Å². The van der Waals surface area contributed by atoms with E-state index >= 15 is 0 Å². The first kappa shape index (κ1) is 16.1. The van der Waals surface area contributed by atoms with Gasteiger partial charge in [0.25, 0.3) is 0 Å². The van der Waals surface area contributed by atoms with E-state index in [4.69, 9.17) is 0 Å². The molecule has 0 spiro atoms. The number of nitrogens with zero attached hydrogens (tertiary/aromatic N) is 1. The number of likely N-dealkylation sites (tertiary alicyclic amines) is 1. The van der Waals surface area contributed by atoms with Gasteiger partial charge in [0.2, 0.25) is 5.91 Å². The van der Waals surface area contributed by atoms with Gasteiger partial charge in [0, 0.05) is 19.0 Å². The Hall–Kier alpha value is -1.76. The fraction of sp³-hybridized carbons (Fsp3) is 0.562. The van der Waals surface area contributed by atoms with Gasteiger partial charge in [-0.25, -0.2) is 0 Å². The maximum Gasteiger partial charge on any atom is 0.573 e. The van der Waals surface area contributed by atoms with Crippen molar-refractivity contribution in [1.82, 2.24) is 4.90 Å². The molecule has 2 aliphatic rings. The zero-order valence-electron chi connectivity index (χ0n) is 12.4. The summed E-state index contributed by atoms with van der Waals surface area (Å²) in [5.74, 6) is -0.895. The average Bonchev–Trinajstić information content (AvgIpc) is 3.25. The van der Waals surface area contributed by atoms with Crippen LogP contribution in [0.1, 0.15) is 30.7 Å². The number of ether oxygens (including phenoxy) is 1. The van der Waals surface area contributed by atoms with Gasteiger partial charge in [-0.15, -0.1) is 13.2 Å². The first-order valence-corrected chi connectivity index (χ1v) is 7.66. The van der Waals surface area contributed by atoms with E-state index in [-0.39, 0.29) is 23.5 Å². The van der Waals surface area contributed by atoms with Gasteiger partial charge in [-0.05, 0) is 36.8 Å². The number of rotatable bonds is 3. The van der Waals surface area contributed by atoms with Crippen molar-refractivity contribution < 1.29 is 27.8 Å². The highest BCUT2D eigenvalue weighted by Gasteiger charge is 2.48. The normalized spacial score (nSPS) is 27.7. The Morgan fingerprint density at radius 1 is 1.30 bits per heavy atom. The summed E-state index contributed by atoms with van der Waals surface area (Å²) >= 11 is 0. The maximum absolute atomic E-state index is 12.5. The first-order valence-electron chi connectivity index (χ1n) is 7.66. The fourth-order valence-corrected chi connectivity index (χ4v) is 3.21. The lowest BCUT2D eigenvalue weighted by atomic mass is 10.1. The second-order valence-corrected chi connectivity index (χ2v) is 6.11. The summed E-state index contributed by atoms with van der Waals surface area (Å²) in [6, 6.07) is 5.96. The lowest BCUT2D eigenvalue weighted by molar-refractivity contribution is -0.274. The number of β-amino-alcohol motifs (C(OH)–C–C–N with tert-alkyl or cyclic N) is 1. The van der Waals surface area contributed by atoms with Crippen LogP contribution in [0, 0.1) is 5.92 Å². The van der Waals surface area contributed by atoms with Gasteiger partial charge in [-0.2, -0.15) is 0 Å². The van der Waals surface area contributed by atoms with Gasteiger partial charge in [0.15, 0.2) is 0 Å². The Bertz CT molecular complexity index is 590. The molecular weight excluding hydrogens is 311 g/mol. The predicted octanol–water partition coefficient (Wildman–Crippen LogP) is 2.67. The van der Waals surface area contributed by atoms with Crippen LogP contribution in [0.2, 0.25) is 0 Å². The number of carbonyl (C=O) groups is 1. The Morgan fingerprint density at radius 2 is 2.04 bits per heavy atom. The topological polar surface area (TPSA) is 49.8 Å². The van der Waals surface area contributed by atoms with Crippen molar-refractivity contribution in [1.29, 1.82) is 0 Å². The van der Waals surface area contributed by atoms with Crippen LogP contribution in [0.3, 0.4) is 0 Å². The number of carbonyl (C=O) groups excluding carboxylic acids is 1. The van der Waals surface area contributed by atoms with Crippen LogP contribution in [-0.2, 0) is 4.79 Å². The molecule has 0 bridgehead atoms. The maximum atomic E-state index is 12.5. The highest BCUT2D eigenvalue weighted by molar-refractivity contribution is 5.83. The van der Waals surface area contributed by atoms with E-state index in [1.165, 1.54) is 12.1 Å². The van der Waals surface area contributed by atoms with E-state index in [1.54, 1.807) is 17.0 Å². The first-order chi connectivity index (χ1) is 10.8. The van der Waals surface area contributed by atoms with Crippen molar-refractivity contribution in [2.24, 2.45) is 5.92 Å².